The minimum Gasteiger partial charge on any atom is -0.435 e. The molecule has 0 amide bonds. The molecular weight excluding hydrogens is 380 g/mol. The topological polar surface area (TPSA) is 51.1 Å². The molecule has 0 aliphatic carbocycles. The summed E-state index contributed by atoms with van der Waals surface area (Å²) in [7, 11) is 3.96. The van der Waals surface area contributed by atoms with Crippen molar-refractivity contribution < 1.29 is 4.74 Å². The quantitative estimate of drug-likeness (QED) is 0.430. The highest BCUT2D eigenvalue weighted by molar-refractivity contribution is 7.17. The summed E-state index contributed by atoms with van der Waals surface area (Å²) >= 11 is 7.78. The van der Waals surface area contributed by atoms with Crippen molar-refractivity contribution in [3.05, 3.63) is 65.0 Å². The second-order valence-corrected chi connectivity index (χ2v) is 7.49. The summed E-state index contributed by atoms with van der Waals surface area (Å²) < 4.78 is 6.11. The number of hydrogen-bond donors (Lipinski definition) is 0. The molecule has 5 nitrogen and oxygen atoms in total. The van der Waals surface area contributed by atoms with Crippen LogP contribution in [0.2, 0.25) is 5.15 Å². The van der Waals surface area contributed by atoms with Gasteiger partial charge in [0.05, 0.1) is 11.9 Å². The maximum atomic E-state index is 6.20. The van der Waals surface area contributed by atoms with Crippen molar-refractivity contribution in [3.8, 4) is 22.8 Å². The summed E-state index contributed by atoms with van der Waals surface area (Å²) in [4.78, 5) is 16.4. The van der Waals surface area contributed by atoms with Gasteiger partial charge in [0, 0.05) is 17.1 Å². The van der Waals surface area contributed by atoms with Crippen LogP contribution in [-0.2, 0) is 6.54 Å². The average Bonchev–Trinajstić information content (AvgIpc) is 3.08. The second-order valence-electron chi connectivity index (χ2n) is 6.27. The molecule has 0 aliphatic rings. The third kappa shape index (κ3) is 3.78. The van der Waals surface area contributed by atoms with Crippen LogP contribution < -0.4 is 4.74 Å². The number of halogens is 1. The van der Waals surface area contributed by atoms with Crippen molar-refractivity contribution in [2.24, 2.45) is 0 Å². The zero-order valence-corrected chi connectivity index (χ0v) is 16.5. The highest BCUT2D eigenvalue weighted by Gasteiger charge is 2.18. The Morgan fingerprint density at radius 1 is 1.07 bits per heavy atom. The molecular formula is C20H17ClN4OS. The number of hydrogen-bond acceptors (Lipinski definition) is 6. The average molecular weight is 397 g/mol. The first kappa shape index (κ1) is 17.9. The van der Waals surface area contributed by atoms with Gasteiger partial charge in [0.1, 0.15) is 10.7 Å². The van der Waals surface area contributed by atoms with Crippen LogP contribution in [0.5, 0.6) is 11.6 Å². The molecule has 4 rings (SSSR count). The number of nitrogens with zero attached hydrogens (tertiary/aromatic N) is 4. The van der Waals surface area contributed by atoms with Crippen LogP contribution in [0.15, 0.2) is 54.0 Å². The molecule has 0 bridgehead atoms. The highest BCUT2D eigenvalue weighted by atomic mass is 35.5. The smallest absolute Gasteiger partial charge is 0.232 e. The number of pyridine rings is 1. The van der Waals surface area contributed by atoms with Crippen molar-refractivity contribution in [2.45, 2.75) is 6.54 Å². The van der Waals surface area contributed by atoms with Gasteiger partial charge in [0.15, 0.2) is 10.9 Å². The first-order valence-electron chi connectivity index (χ1n) is 8.38. The zero-order chi connectivity index (χ0) is 18.8. The van der Waals surface area contributed by atoms with Crippen molar-refractivity contribution in [1.29, 1.82) is 0 Å². The van der Waals surface area contributed by atoms with Gasteiger partial charge in [-0.05, 0) is 31.8 Å². The molecule has 0 radical (unpaired) electrons. The number of benzene rings is 1. The van der Waals surface area contributed by atoms with E-state index in [1.807, 2.05) is 37.2 Å². The molecule has 0 saturated heterocycles. The Bertz CT molecular complexity index is 1080. The van der Waals surface area contributed by atoms with Crippen LogP contribution in [0.25, 0.3) is 21.3 Å². The van der Waals surface area contributed by atoms with Crippen molar-refractivity contribution >= 4 is 33.2 Å². The fourth-order valence-corrected chi connectivity index (χ4v) is 3.88. The van der Waals surface area contributed by atoms with Crippen molar-refractivity contribution in [1.82, 2.24) is 19.9 Å². The minimum absolute atomic E-state index is 0.301. The largest absolute Gasteiger partial charge is 0.435 e. The minimum atomic E-state index is 0.301. The molecule has 0 atom stereocenters. The Balaban J connectivity index is 1.89. The van der Waals surface area contributed by atoms with E-state index in [2.05, 4.69) is 27.5 Å². The van der Waals surface area contributed by atoms with Gasteiger partial charge in [0.2, 0.25) is 5.88 Å². The molecule has 4 aromatic rings. The van der Waals surface area contributed by atoms with Gasteiger partial charge >= 0.3 is 0 Å². The van der Waals surface area contributed by atoms with Crippen LogP contribution >= 0.6 is 22.9 Å². The molecule has 136 valence electrons. The second kappa shape index (κ2) is 7.60. The first-order valence-corrected chi connectivity index (χ1v) is 9.64. The molecule has 0 N–H and O–H groups in total. The molecule has 0 aliphatic heterocycles. The van der Waals surface area contributed by atoms with E-state index in [9.17, 15) is 0 Å². The summed E-state index contributed by atoms with van der Waals surface area (Å²) in [5.41, 5.74) is 2.14. The monoisotopic (exact) mass is 396 g/mol. The lowest BCUT2D eigenvalue weighted by Gasteiger charge is -2.12. The first-order chi connectivity index (χ1) is 13.1. The van der Waals surface area contributed by atoms with E-state index in [0.29, 0.717) is 29.2 Å². The van der Waals surface area contributed by atoms with E-state index in [0.717, 1.165) is 21.3 Å². The fraction of sp³-hybridized carbons (Fsp3) is 0.150. The van der Waals surface area contributed by atoms with Gasteiger partial charge in [-0.3, -0.25) is 0 Å². The van der Waals surface area contributed by atoms with E-state index in [1.165, 1.54) is 0 Å². The predicted octanol–water partition coefficient (Wildman–Crippen LogP) is 5.26. The molecule has 27 heavy (non-hydrogen) atoms. The standard InChI is InChI=1S/C20H17ClN4OS/c1-25(2)11-16-23-19(26-15-9-6-10-22-18(15)21)17-14(12-27-20(17)24-16)13-7-4-3-5-8-13/h3-10,12H,11H2,1-2H3. The SMILES string of the molecule is CN(C)Cc1nc(Oc2cccnc2Cl)c2c(-c3ccccc3)csc2n1. The number of thiophene rings is 1. The molecule has 1 aromatic carbocycles. The Morgan fingerprint density at radius 2 is 1.89 bits per heavy atom. The molecule has 7 heteroatoms. The number of aromatic nitrogens is 3. The number of rotatable bonds is 5. The highest BCUT2D eigenvalue weighted by Crippen LogP contribution is 2.40. The molecule has 3 aromatic heterocycles. The van der Waals surface area contributed by atoms with Gasteiger partial charge in [0.25, 0.3) is 0 Å². The molecule has 0 unspecified atom stereocenters. The lowest BCUT2D eigenvalue weighted by molar-refractivity contribution is 0.385. The van der Waals surface area contributed by atoms with Gasteiger partial charge < -0.3 is 9.64 Å². The van der Waals surface area contributed by atoms with E-state index < -0.39 is 0 Å². The summed E-state index contributed by atoms with van der Waals surface area (Å²) in [5.74, 6) is 1.66. The molecule has 3 heterocycles. The van der Waals surface area contributed by atoms with Crippen LogP contribution in [0.1, 0.15) is 5.82 Å². The third-order valence-corrected chi connectivity index (χ3v) is 5.08. The molecule has 0 spiro atoms. The summed E-state index contributed by atoms with van der Waals surface area (Å²) in [5, 5.41) is 3.27. The van der Waals surface area contributed by atoms with E-state index in [-0.39, 0.29) is 0 Å². The molecule has 0 saturated carbocycles. The van der Waals surface area contributed by atoms with Gasteiger partial charge in [-0.25, -0.2) is 9.97 Å². The van der Waals surface area contributed by atoms with E-state index in [1.54, 1.807) is 29.7 Å². The lowest BCUT2D eigenvalue weighted by atomic mass is 10.1. The maximum absolute atomic E-state index is 6.20. The van der Waals surface area contributed by atoms with Crippen LogP contribution in [0, 0.1) is 0 Å². The number of fused-ring (bicyclic) bond motifs is 1. The van der Waals surface area contributed by atoms with Gasteiger partial charge in [-0.1, -0.05) is 41.9 Å². The lowest BCUT2D eigenvalue weighted by Crippen LogP contribution is -2.13. The Labute approximate surface area is 166 Å². The fourth-order valence-electron chi connectivity index (χ4n) is 2.76. The van der Waals surface area contributed by atoms with Crippen molar-refractivity contribution in [3.63, 3.8) is 0 Å². The van der Waals surface area contributed by atoms with E-state index in [4.69, 9.17) is 21.3 Å². The normalized spacial score (nSPS) is 11.3. The number of ether oxygens (including phenoxy) is 1. The Hall–Kier alpha value is -2.54. The Kier molecular flexibility index (Phi) is 5.03. The Morgan fingerprint density at radius 3 is 2.63 bits per heavy atom. The van der Waals surface area contributed by atoms with Crippen molar-refractivity contribution in [2.75, 3.05) is 14.1 Å². The third-order valence-electron chi connectivity index (χ3n) is 3.92. The zero-order valence-electron chi connectivity index (χ0n) is 14.9. The molecule has 0 fully saturated rings. The van der Waals surface area contributed by atoms with Gasteiger partial charge in [-0.2, -0.15) is 4.98 Å². The van der Waals surface area contributed by atoms with E-state index >= 15 is 0 Å². The predicted molar refractivity (Wildman–Crippen MR) is 110 cm³/mol. The van der Waals surface area contributed by atoms with Crippen LogP contribution in [0.3, 0.4) is 0 Å². The van der Waals surface area contributed by atoms with Crippen LogP contribution in [-0.4, -0.2) is 33.9 Å². The maximum Gasteiger partial charge on any atom is 0.232 e. The van der Waals surface area contributed by atoms with Gasteiger partial charge in [-0.15, -0.1) is 11.3 Å². The summed E-state index contributed by atoms with van der Waals surface area (Å²) in [6.45, 7) is 0.617. The summed E-state index contributed by atoms with van der Waals surface area (Å²) in [6.07, 6.45) is 1.63. The van der Waals surface area contributed by atoms with Crippen LogP contribution in [0.4, 0.5) is 0 Å². The summed E-state index contributed by atoms with van der Waals surface area (Å²) in [6, 6.07) is 13.7.